The molecule has 0 amide bonds. The van der Waals surface area contributed by atoms with Crippen molar-refractivity contribution in [3.63, 3.8) is 0 Å². The molecule has 1 fully saturated rings. The van der Waals surface area contributed by atoms with Gasteiger partial charge >= 0.3 is 12.1 Å². The van der Waals surface area contributed by atoms with Crippen LogP contribution in [0.5, 0.6) is 0 Å². The fraction of sp³-hybridized carbons (Fsp3) is 0.375. The second-order valence-electron chi connectivity index (χ2n) is 5.65. The third-order valence-corrected chi connectivity index (χ3v) is 3.99. The van der Waals surface area contributed by atoms with Gasteiger partial charge in [0.05, 0.1) is 11.9 Å². The van der Waals surface area contributed by atoms with Crippen molar-refractivity contribution in [3.8, 4) is 11.3 Å². The fourth-order valence-electron chi connectivity index (χ4n) is 2.39. The van der Waals surface area contributed by atoms with E-state index in [4.69, 9.17) is 21.5 Å². The molecule has 1 aromatic heterocycles. The number of nitrogens with zero attached hydrogens (tertiary/aromatic N) is 1. The average molecular weight is 391 g/mol. The molecule has 1 saturated heterocycles. The smallest absolute Gasteiger partial charge is 0.475 e. The molecular weight excluding hydrogens is 373 g/mol. The highest BCUT2D eigenvalue weighted by molar-refractivity contribution is 6.30. The summed E-state index contributed by atoms with van der Waals surface area (Å²) < 4.78 is 31.7. The van der Waals surface area contributed by atoms with Crippen molar-refractivity contribution in [2.24, 2.45) is 0 Å². The molecule has 6 nitrogen and oxygen atoms in total. The van der Waals surface area contributed by atoms with Gasteiger partial charge in [0.15, 0.2) is 0 Å². The number of hydrogen-bond donors (Lipinski definition) is 4. The molecule has 0 spiro atoms. The molecule has 1 aromatic carbocycles. The summed E-state index contributed by atoms with van der Waals surface area (Å²) >= 11 is 5.91. The Morgan fingerprint density at radius 2 is 2.00 bits per heavy atom. The predicted octanol–water partition coefficient (Wildman–Crippen LogP) is 2.81. The highest BCUT2D eigenvalue weighted by Gasteiger charge is 2.38. The van der Waals surface area contributed by atoms with E-state index < -0.39 is 12.1 Å². The SMILES string of the molecule is Clc1ccc(-c2[nH]ncc2CNC2CCNC2)cc1.O=C(O)C(F)(F)F. The van der Waals surface area contributed by atoms with E-state index in [0.29, 0.717) is 6.04 Å². The van der Waals surface area contributed by atoms with Gasteiger partial charge in [0.1, 0.15) is 0 Å². The number of halogens is 4. The molecule has 142 valence electrons. The molecule has 1 unspecified atom stereocenters. The molecule has 3 rings (SSSR count). The first-order chi connectivity index (χ1) is 12.3. The number of aromatic nitrogens is 2. The summed E-state index contributed by atoms with van der Waals surface area (Å²) in [5, 5.41) is 22.0. The molecule has 0 saturated carbocycles. The molecule has 0 radical (unpaired) electrons. The van der Waals surface area contributed by atoms with Crippen LogP contribution in [0.15, 0.2) is 30.5 Å². The van der Waals surface area contributed by atoms with E-state index >= 15 is 0 Å². The van der Waals surface area contributed by atoms with Crippen LogP contribution in [0.4, 0.5) is 13.2 Å². The summed E-state index contributed by atoms with van der Waals surface area (Å²) in [7, 11) is 0. The molecule has 0 bridgehead atoms. The van der Waals surface area contributed by atoms with Crippen LogP contribution in [0.3, 0.4) is 0 Å². The van der Waals surface area contributed by atoms with Crippen LogP contribution in [-0.4, -0.2) is 46.6 Å². The van der Waals surface area contributed by atoms with E-state index in [-0.39, 0.29) is 0 Å². The number of carboxylic acid groups (broad SMARTS) is 1. The first-order valence-corrected chi connectivity index (χ1v) is 8.17. The number of aromatic amines is 1. The lowest BCUT2D eigenvalue weighted by Gasteiger charge is -2.11. The minimum absolute atomic E-state index is 0.563. The van der Waals surface area contributed by atoms with E-state index in [2.05, 4.69) is 20.8 Å². The Kier molecular flexibility index (Phi) is 7.01. The summed E-state index contributed by atoms with van der Waals surface area (Å²) in [5.74, 6) is -2.76. The zero-order chi connectivity index (χ0) is 19.2. The molecule has 4 N–H and O–H groups in total. The number of benzene rings is 1. The van der Waals surface area contributed by atoms with Crippen molar-refractivity contribution in [1.82, 2.24) is 20.8 Å². The van der Waals surface area contributed by atoms with Gasteiger partial charge in [-0.2, -0.15) is 18.3 Å². The van der Waals surface area contributed by atoms with Crippen LogP contribution in [0.2, 0.25) is 5.02 Å². The minimum atomic E-state index is -5.08. The fourth-order valence-corrected chi connectivity index (χ4v) is 2.52. The molecule has 1 atom stereocenters. The number of aliphatic carboxylic acids is 1. The maximum Gasteiger partial charge on any atom is 0.490 e. The lowest BCUT2D eigenvalue weighted by atomic mass is 10.1. The third kappa shape index (κ3) is 6.01. The first kappa shape index (κ1) is 20.2. The zero-order valence-corrected chi connectivity index (χ0v) is 14.4. The lowest BCUT2D eigenvalue weighted by Crippen LogP contribution is -2.30. The van der Waals surface area contributed by atoms with Crippen molar-refractivity contribution in [1.29, 1.82) is 0 Å². The van der Waals surface area contributed by atoms with E-state index in [1.165, 1.54) is 12.0 Å². The number of nitrogens with one attached hydrogen (secondary N) is 3. The Bertz CT molecular complexity index is 713. The van der Waals surface area contributed by atoms with Crippen LogP contribution >= 0.6 is 11.6 Å². The maximum absolute atomic E-state index is 10.6. The van der Waals surface area contributed by atoms with Crippen LogP contribution in [0, 0.1) is 0 Å². The van der Waals surface area contributed by atoms with Crippen LogP contribution in [0.25, 0.3) is 11.3 Å². The second-order valence-corrected chi connectivity index (χ2v) is 6.09. The van der Waals surface area contributed by atoms with Gasteiger partial charge in [-0.1, -0.05) is 23.7 Å². The van der Waals surface area contributed by atoms with Gasteiger partial charge in [-0.25, -0.2) is 4.79 Å². The summed E-state index contributed by atoms with van der Waals surface area (Å²) in [6, 6.07) is 8.38. The molecular formula is C16H18ClF3N4O2. The number of carboxylic acids is 1. The molecule has 1 aliphatic heterocycles. The number of rotatable bonds is 4. The van der Waals surface area contributed by atoms with Gasteiger partial charge in [-0.15, -0.1) is 0 Å². The van der Waals surface area contributed by atoms with E-state index in [1.54, 1.807) is 0 Å². The second kappa shape index (κ2) is 9.02. The maximum atomic E-state index is 10.6. The highest BCUT2D eigenvalue weighted by atomic mass is 35.5. The molecule has 10 heteroatoms. The van der Waals surface area contributed by atoms with Gasteiger partial charge < -0.3 is 15.7 Å². The van der Waals surface area contributed by atoms with Gasteiger partial charge in [-0.3, -0.25) is 5.10 Å². The van der Waals surface area contributed by atoms with E-state index in [9.17, 15) is 13.2 Å². The minimum Gasteiger partial charge on any atom is -0.475 e. The zero-order valence-electron chi connectivity index (χ0n) is 13.6. The monoisotopic (exact) mass is 390 g/mol. The van der Waals surface area contributed by atoms with Crippen LogP contribution < -0.4 is 10.6 Å². The largest absolute Gasteiger partial charge is 0.490 e. The highest BCUT2D eigenvalue weighted by Crippen LogP contribution is 2.23. The topological polar surface area (TPSA) is 90.0 Å². The average Bonchev–Trinajstić information content (AvgIpc) is 3.25. The number of carbonyl (C=O) groups is 1. The van der Waals surface area contributed by atoms with Gasteiger partial charge in [-0.05, 0) is 30.7 Å². The predicted molar refractivity (Wildman–Crippen MR) is 90.8 cm³/mol. The summed E-state index contributed by atoms with van der Waals surface area (Å²) in [6.07, 6.45) is -2.01. The molecule has 2 heterocycles. The number of alkyl halides is 3. The van der Waals surface area contributed by atoms with Crippen molar-refractivity contribution in [2.75, 3.05) is 13.1 Å². The Balaban J connectivity index is 0.000000298. The Hall–Kier alpha value is -2.10. The molecule has 0 aliphatic carbocycles. The summed E-state index contributed by atoms with van der Waals surface area (Å²) in [5.41, 5.74) is 3.37. The third-order valence-electron chi connectivity index (χ3n) is 3.73. The van der Waals surface area contributed by atoms with Gasteiger partial charge in [0, 0.05) is 29.7 Å². The van der Waals surface area contributed by atoms with E-state index in [1.807, 2.05) is 30.5 Å². The molecule has 26 heavy (non-hydrogen) atoms. The number of H-pyrrole nitrogens is 1. The first-order valence-electron chi connectivity index (χ1n) is 7.79. The Morgan fingerprint density at radius 1 is 1.35 bits per heavy atom. The Morgan fingerprint density at radius 3 is 2.54 bits per heavy atom. The van der Waals surface area contributed by atoms with Crippen LogP contribution in [0.1, 0.15) is 12.0 Å². The van der Waals surface area contributed by atoms with Crippen molar-refractivity contribution in [3.05, 3.63) is 41.0 Å². The quantitative estimate of drug-likeness (QED) is 0.644. The van der Waals surface area contributed by atoms with Crippen molar-refractivity contribution < 1.29 is 23.1 Å². The molecule has 2 aromatic rings. The summed E-state index contributed by atoms with van der Waals surface area (Å²) in [6.45, 7) is 2.99. The molecule has 1 aliphatic rings. The van der Waals surface area contributed by atoms with E-state index in [0.717, 1.165) is 35.9 Å². The lowest BCUT2D eigenvalue weighted by molar-refractivity contribution is -0.192. The van der Waals surface area contributed by atoms with Crippen molar-refractivity contribution >= 4 is 17.6 Å². The Labute approximate surface area is 152 Å². The summed E-state index contributed by atoms with van der Waals surface area (Å²) in [4.78, 5) is 8.90. The number of hydrogen-bond acceptors (Lipinski definition) is 4. The van der Waals surface area contributed by atoms with Gasteiger partial charge in [0.2, 0.25) is 0 Å². The normalized spacial score (nSPS) is 16.8. The van der Waals surface area contributed by atoms with Gasteiger partial charge in [0.25, 0.3) is 0 Å². The standard InChI is InChI=1S/C14H17ClN4.C2HF3O2/c15-12-3-1-10(2-4-12)14-11(8-18-19-14)7-17-13-5-6-16-9-13;3-2(4,5)1(6)7/h1-4,8,13,16-17H,5-7,9H2,(H,18,19);(H,6,7). The van der Waals surface area contributed by atoms with Crippen LogP contribution in [-0.2, 0) is 11.3 Å². The van der Waals surface area contributed by atoms with Crippen molar-refractivity contribution in [2.45, 2.75) is 25.2 Å².